The van der Waals surface area contributed by atoms with Crippen molar-refractivity contribution in [3.63, 3.8) is 0 Å². The first-order valence-corrected chi connectivity index (χ1v) is 10.1. The first-order chi connectivity index (χ1) is 15.4. The fourth-order valence-corrected chi connectivity index (χ4v) is 3.78. The van der Waals surface area contributed by atoms with Gasteiger partial charge < -0.3 is 20.1 Å². The van der Waals surface area contributed by atoms with Gasteiger partial charge in [-0.15, -0.1) is 0 Å². The Morgan fingerprint density at radius 2 is 2.09 bits per heavy atom. The third-order valence-electron chi connectivity index (χ3n) is 5.04. The number of ether oxygens (including phenoxy) is 2. The molecule has 0 radical (unpaired) electrons. The summed E-state index contributed by atoms with van der Waals surface area (Å²) in [5.41, 5.74) is 2.44. The van der Waals surface area contributed by atoms with Gasteiger partial charge in [-0.2, -0.15) is 5.10 Å². The second-order valence-corrected chi connectivity index (χ2v) is 7.57. The van der Waals surface area contributed by atoms with Gasteiger partial charge in [0.05, 0.1) is 36.4 Å². The van der Waals surface area contributed by atoms with Crippen LogP contribution in [-0.2, 0) is 20.9 Å². The van der Waals surface area contributed by atoms with E-state index in [2.05, 4.69) is 15.7 Å². The Morgan fingerprint density at radius 3 is 2.81 bits per heavy atom. The van der Waals surface area contributed by atoms with Crippen molar-refractivity contribution in [2.75, 3.05) is 24.9 Å². The molecule has 0 aliphatic carbocycles. The average Bonchev–Trinajstić information content (AvgIpc) is 3.26. The standard InChI is InChI=1S/C22H20ClFN4O4/c1-31-11-17-20(12-4-3-5-14(8-12)32-2)21-26-22(30)18(28(21)27-17)10-19(29)25-13-6-7-16(24)15(23)9-13/h3-9,18H,10-11H2,1-2H3,(H,25,29)(H,26,30). The van der Waals surface area contributed by atoms with Crippen molar-refractivity contribution < 1.29 is 23.5 Å². The highest BCUT2D eigenvalue weighted by molar-refractivity contribution is 6.31. The number of hydrogen-bond acceptors (Lipinski definition) is 5. The first kappa shape index (κ1) is 21.8. The predicted octanol–water partition coefficient (Wildman–Crippen LogP) is 4.02. The number of hydrogen-bond donors (Lipinski definition) is 2. The molecule has 1 aliphatic rings. The maximum atomic E-state index is 13.3. The number of fused-ring (bicyclic) bond motifs is 1. The van der Waals surface area contributed by atoms with Gasteiger partial charge >= 0.3 is 0 Å². The maximum Gasteiger partial charge on any atom is 0.251 e. The molecule has 166 valence electrons. The number of aromatic nitrogens is 2. The zero-order valence-corrected chi connectivity index (χ0v) is 18.1. The van der Waals surface area contributed by atoms with Gasteiger partial charge in [-0.3, -0.25) is 9.59 Å². The Kier molecular flexibility index (Phi) is 6.11. The highest BCUT2D eigenvalue weighted by atomic mass is 35.5. The second kappa shape index (κ2) is 8.97. The van der Waals surface area contributed by atoms with Gasteiger partial charge in [-0.1, -0.05) is 23.7 Å². The van der Waals surface area contributed by atoms with Gasteiger partial charge in [-0.25, -0.2) is 9.07 Å². The van der Waals surface area contributed by atoms with Crippen molar-refractivity contribution in [3.05, 3.63) is 59.0 Å². The Hall–Kier alpha value is -3.43. The van der Waals surface area contributed by atoms with Crippen LogP contribution in [-0.4, -0.2) is 35.8 Å². The molecule has 0 saturated carbocycles. The van der Waals surface area contributed by atoms with Gasteiger partial charge in [-0.05, 0) is 35.9 Å². The maximum absolute atomic E-state index is 13.3. The number of benzene rings is 2. The number of carbonyl (C=O) groups is 2. The summed E-state index contributed by atoms with van der Waals surface area (Å²) in [5, 5.41) is 9.90. The van der Waals surface area contributed by atoms with Crippen molar-refractivity contribution in [1.29, 1.82) is 0 Å². The number of anilines is 2. The molecule has 1 atom stereocenters. The molecule has 1 aromatic heterocycles. The van der Waals surface area contributed by atoms with E-state index >= 15 is 0 Å². The normalized spacial score (nSPS) is 14.8. The lowest BCUT2D eigenvalue weighted by Gasteiger charge is -2.10. The smallest absolute Gasteiger partial charge is 0.251 e. The van der Waals surface area contributed by atoms with Gasteiger partial charge in [0.1, 0.15) is 23.4 Å². The lowest BCUT2D eigenvalue weighted by atomic mass is 10.1. The van der Waals surface area contributed by atoms with E-state index in [-0.39, 0.29) is 24.0 Å². The quantitative estimate of drug-likeness (QED) is 0.557. The fraction of sp³-hybridized carbons (Fsp3) is 0.227. The molecular weight excluding hydrogens is 439 g/mol. The molecule has 2 aromatic carbocycles. The molecule has 4 rings (SSSR count). The summed E-state index contributed by atoms with van der Waals surface area (Å²) in [6.07, 6.45) is -0.167. The summed E-state index contributed by atoms with van der Waals surface area (Å²) in [5.74, 6) is -0.237. The number of nitrogens with zero attached hydrogens (tertiary/aromatic N) is 2. The zero-order chi connectivity index (χ0) is 22.8. The summed E-state index contributed by atoms with van der Waals surface area (Å²) in [6, 6.07) is 10.4. The van der Waals surface area contributed by atoms with Crippen LogP contribution < -0.4 is 15.4 Å². The van der Waals surface area contributed by atoms with Gasteiger partial charge in [0.15, 0.2) is 0 Å². The molecule has 1 aliphatic heterocycles. The van der Waals surface area contributed by atoms with E-state index < -0.39 is 17.8 Å². The monoisotopic (exact) mass is 458 g/mol. The van der Waals surface area contributed by atoms with Crippen LogP contribution in [0, 0.1) is 5.82 Å². The molecule has 1 unspecified atom stereocenters. The van der Waals surface area contributed by atoms with Gasteiger partial charge in [0.25, 0.3) is 5.91 Å². The summed E-state index contributed by atoms with van der Waals surface area (Å²) >= 11 is 5.76. The van der Waals surface area contributed by atoms with Crippen molar-refractivity contribution in [2.45, 2.75) is 19.1 Å². The molecule has 32 heavy (non-hydrogen) atoms. The lowest BCUT2D eigenvalue weighted by Crippen LogP contribution is -2.24. The molecule has 2 amide bonds. The molecular formula is C22H20ClFN4O4. The third-order valence-corrected chi connectivity index (χ3v) is 5.33. The molecule has 3 aromatic rings. The van der Waals surface area contributed by atoms with Crippen molar-refractivity contribution in [3.8, 4) is 16.9 Å². The molecule has 10 heteroatoms. The first-order valence-electron chi connectivity index (χ1n) is 9.71. The van der Waals surface area contributed by atoms with Gasteiger partial charge in [0, 0.05) is 12.8 Å². The lowest BCUT2D eigenvalue weighted by molar-refractivity contribution is -0.123. The summed E-state index contributed by atoms with van der Waals surface area (Å²) in [4.78, 5) is 25.3. The van der Waals surface area contributed by atoms with Crippen LogP contribution in [0.15, 0.2) is 42.5 Å². The number of carbonyl (C=O) groups excluding carboxylic acids is 2. The fourth-order valence-electron chi connectivity index (χ4n) is 3.60. The molecule has 8 nitrogen and oxygen atoms in total. The number of amides is 2. The minimum atomic E-state index is -0.851. The summed E-state index contributed by atoms with van der Waals surface area (Å²) in [7, 11) is 3.12. The molecule has 0 bridgehead atoms. The van der Waals surface area contributed by atoms with E-state index in [0.29, 0.717) is 28.5 Å². The van der Waals surface area contributed by atoms with E-state index in [1.807, 2.05) is 24.3 Å². The largest absolute Gasteiger partial charge is 0.497 e. The average molecular weight is 459 g/mol. The van der Waals surface area contributed by atoms with Crippen LogP contribution in [0.1, 0.15) is 18.2 Å². The SMILES string of the molecule is COCc1nn2c(c1-c1cccc(OC)c1)NC(=O)C2CC(=O)Nc1ccc(F)c(Cl)c1. The van der Waals surface area contributed by atoms with Crippen molar-refractivity contribution in [2.24, 2.45) is 0 Å². The van der Waals surface area contributed by atoms with Crippen LogP contribution in [0.5, 0.6) is 5.75 Å². The van der Waals surface area contributed by atoms with E-state index in [1.54, 1.807) is 14.2 Å². The van der Waals surface area contributed by atoms with Crippen LogP contribution >= 0.6 is 11.6 Å². The van der Waals surface area contributed by atoms with Crippen molar-refractivity contribution in [1.82, 2.24) is 9.78 Å². The van der Waals surface area contributed by atoms with Gasteiger partial charge in [0.2, 0.25) is 5.91 Å². The minimum Gasteiger partial charge on any atom is -0.497 e. The summed E-state index contributed by atoms with van der Waals surface area (Å²) < 4.78 is 25.4. The van der Waals surface area contributed by atoms with E-state index in [1.165, 1.54) is 16.8 Å². The summed E-state index contributed by atoms with van der Waals surface area (Å²) in [6.45, 7) is 0.218. The van der Waals surface area contributed by atoms with E-state index in [0.717, 1.165) is 11.6 Å². The highest BCUT2D eigenvalue weighted by Crippen LogP contribution is 2.39. The van der Waals surface area contributed by atoms with Crippen molar-refractivity contribution >= 4 is 34.9 Å². The van der Waals surface area contributed by atoms with Crippen LogP contribution in [0.3, 0.4) is 0 Å². The Balaban J connectivity index is 1.63. The molecule has 2 N–H and O–H groups in total. The second-order valence-electron chi connectivity index (χ2n) is 7.17. The molecule has 0 saturated heterocycles. The molecule has 0 fully saturated rings. The van der Waals surface area contributed by atoms with Crippen LogP contribution in [0.2, 0.25) is 5.02 Å². The van der Waals surface area contributed by atoms with E-state index in [4.69, 9.17) is 21.1 Å². The number of nitrogens with one attached hydrogen (secondary N) is 2. The van der Waals surface area contributed by atoms with Crippen LogP contribution in [0.25, 0.3) is 11.1 Å². The number of methoxy groups -OCH3 is 2. The predicted molar refractivity (Wildman–Crippen MR) is 117 cm³/mol. The third kappa shape index (κ3) is 4.17. The Bertz CT molecular complexity index is 1200. The molecule has 0 spiro atoms. The Labute approximate surface area is 188 Å². The number of halogens is 2. The zero-order valence-electron chi connectivity index (χ0n) is 17.3. The van der Waals surface area contributed by atoms with Crippen LogP contribution in [0.4, 0.5) is 15.9 Å². The van der Waals surface area contributed by atoms with E-state index in [9.17, 15) is 14.0 Å². The number of rotatable bonds is 7. The molecule has 2 heterocycles. The minimum absolute atomic E-state index is 0.108. The Morgan fingerprint density at radius 1 is 1.28 bits per heavy atom. The topological polar surface area (TPSA) is 94.5 Å². The highest BCUT2D eigenvalue weighted by Gasteiger charge is 2.37.